The third kappa shape index (κ3) is 3.15. The summed E-state index contributed by atoms with van der Waals surface area (Å²) in [6, 6.07) is 10.6. The number of likely N-dealkylation sites (tertiary alicyclic amines) is 1. The van der Waals surface area contributed by atoms with Gasteiger partial charge in [-0.3, -0.25) is 4.90 Å². The van der Waals surface area contributed by atoms with Crippen molar-refractivity contribution in [2.75, 3.05) is 13.1 Å². The van der Waals surface area contributed by atoms with E-state index in [9.17, 15) is 0 Å². The lowest BCUT2D eigenvalue weighted by Crippen LogP contribution is -2.34. The van der Waals surface area contributed by atoms with Gasteiger partial charge >= 0.3 is 0 Å². The lowest BCUT2D eigenvalue weighted by Gasteiger charge is -2.30. The zero-order valence-electron chi connectivity index (χ0n) is 13.5. The summed E-state index contributed by atoms with van der Waals surface area (Å²) in [4.78, 5) is 7.33. The van der Waals surface area contributed by atoms with Crippen molar-refractivity contribution in [3.8, 4) is 6.07 Å². The average Bonchev–Trinajstić information content (AvgIpc) is 2.85. The summed E-state index contributed by atoms with van der Waals surface area (Å²) in [5, 5.41) is 9.16. The van der Waals surface area contributed by atoms with Crippen LogP contribution in [0.15, 0.2) is 24.3 Å². The Hall–Kier alpha value is -1.86. The Bertz CT molecular complexity index is 682. The molecule has 22 heavy (non-hydrogen) atoms. The first-order valence-electron chi connectivity index (χ1n) is 8.23. The summed E-state index contributed by atoms with van der Waals surface area (Å²) >= 11 is 0. The van der Waals surface area contributed by atoms with Crippen LogP contribution in [0.5, 0.6) is 0 Å². The van der Waals surface area contributed by atoms with Crippen molar-refractivity contribution >= 4 is 11.0 Å². The predicted molar refractivity (Wildman–Crippen MR) is 88.2 cm³/mol. The standard InChI is InChI=1S/C18H24N4/c1-14-6-5-9-21(11-14)13-18-20-16-7-3-4-8-17(16)22(18)12-15(2)10-19/h3-4,7-8,14-15H,5-6,9,11-13H2,1-2H3. The van der Waals surface area contributed by atoms with Crippen LogP contribution >= 0.6 is 0 Å². The fraction of sp³-hybridized carbons (Fsp3) is 0.556. The van der Waals surface area contributed by atoms with Gasteiger partial charge in [-0.1, -0.05) is 19.1 Å². The number of hydrogen-bond acceptors (Lipinski definition) is 3. The molecule has 2 aromatic rings. The third-order valence-corrected chi connectivity index (χ3v) is 4.52. The van der Waals surface area contributed by atoms with Gasteiger partial charge in [0.2, 0.25) is 0 Å². The van der Waals surface area contributed by atoms with Gasteiger partial charge < -0.3 is 4.57 Å². The monoisotopic (exact) mass is 296 g/mol. The second kappa shape index (κ2) is 6.50. The third-order valence-electron chi connectivity index (χ3n) is 4.52. The van der Waals surface area contributed by atoms with Crippen molar-refractivity contribution in [1.29, 1.82) is 5.26 Å². The van der Waals surface area contributed by atoms with Crippen LogP contribution in [0.4, 0.5) is 0 Å². The second-order valence-electron chi connectivity index (χ2n) is 6.64. The number of para-hydroxylation sites is 2. The van der Waals surface area contributed by atoms with E-state index in [0.29, 0.717) is 0 Å². The number of nitrogens with zero attached hydrogens (tertiary/aromatic N) is 4. The molecule has 4 nitrogen and oxygen atoms in total. The van der Waals surface area contributed by atoms with Gasteiger partial charge in [-0.05, 0) is 44.4 Å². The molecule has 0 saturated carbocycles. The van der Waals surface area contributed by atoms with E-state index < -0.39 is 0 Å². The van der Waals surface area contributed by atoms with E-state index in [2.05, 4.69) is 34.6 Å². The second-order valence-corrected chi connectivity index (χ2v) is 6.64. The minimum Gasteiger partial charge on any atom is -0.326 e. The maximum Gasteiger partial charge on any atom is 0.124 e. The van der Waals surface area contributed by atoms with Crippen LogP contribution in [0.1, 0.15) is 32.5 Å². The van der Waals surface area contributed by atoms with E-state index in [1.54, 1.807) is 0 Å². The molecule has 2 heterocycles. The van der Waals surface area contributed by atoms with Gasteiger partial charge in [0.15, 0.2) is 0 Å². The number of rotatable bonds is 4. The highest BCUT2D eigenvalue weighted by atomic mass is 15.2. The largest absolute Gasteiger partial charge is 0.326 e. The Morgan fingerprint density at radius 3 is 3.00 bits per heavy atom. The molecule has 0 N–H and O–H groups in total. The number of benzene rings is 1. The van der Waals surface area contributed by atoms with E-state index in [0.717, 1.165) is 49.0 Å². The fourth-order valence-corrected chi connectivity index (χ4v) is 3.39. The van der Waals surface area contributed by atoms with E-state index in [1.807, 2.05) is 19.1 Å². The highest BCUT2D eigenvalue weighted by molar-refractivity contribution is 5.75. The van der Waals surface area contributed by atoms with Gasteiger partial charge in [-0.15, -0.1) is 0 Å². The molecule has 1 fully saturated rings. The Morgan fingerprint density at radius 2 is 2.23 bits per heavy atom. The molecule has 1 aromatic heterocycles. The van der Waals surface area contributed by atoms with Crippen LogP contribution in [0.3, 0.4) is 0 Å². The molecular formula is C18H24N4. The predicted octanol–water partition coefficient (Wildman–Crippen LogP) is 3.43. The topological polar surface area (TPSA) is 44.9 Å². The minimum atomic E-state index is -0.00312. The van der Waals surface area contributed by atoms with Crippen LogP contribution in [-0.4, -0.2) is 27.5 Å². The van der Waals surface area contributed by atoms with E-state index in [4.69, 9.17) is 10.2 Å². The highest BCUT2D eigenvalue weighted by Crippen LogP contribution is 2.22. The summed E-state index contributed by atoms with van der Waals surface area (Å²) < 4.78 is 2.24. The van der Waals surface area contributed by atoms with Crippen molar-refractivity contribution < 1.29 is 0 Å². The maximum absolute atomic E-state index is 9.16. The Morgan fingerprint density at radius 1 is 1.41 bits per heavy atom. The normalized spacial score (nSPS) is 20.9. The van der Waals surface area contributed by atoms with Gasteiger partial charge in [0.1, 0.15) is 5.82 Å². The summed E-state index contributed by atoms with van der Waals surface area (Å²) in [7, 11) is 0. The molecule has 0 radical (unpaired) electrons. The Labute approximate surface area is 132 Å². The van der Waals surface area contributed by atoms with E-state index in [1.165, 1.54) is 12.8 Å². The maximum atomic E-state index is 9.16. The van der Waals surface area contributed by atoms with Crippen molar-refractivity contribution in [3.63, 3.8) is 0 Å². The molecule has 3 rings (SSSR count). The summed E-state index contributed by atoms with van der Waals surface area (Å²) in [6.45, 7) is 8.21. The summed E-state index contributed by atoms with van der Waals surface area (Å²) in [6.07, 6.45) is 2.61. The summed E-state index contributed by atoms with van der Waals surface area (Å²) in [5.41, 5.74) is 2.18. The Balaban J connectivity index is 1.90. The number of hydrogen-bond donors (Lipinski definition) is 0. The number of fused-ring (bicyclic) bond motifs is 1. The first-order chi connectivity index (χ1) is 10.7. The molecule has 1 aliphatic heterocycles. The van der Waals surface area contributed by atoms with Crippen LogP contribution in [-0.2, 0) is 13.1 Å². The van der Waals surface area contributed by atoms with Crippen molar-refractivity contribution in [2.24, 2.45) is 11.8 Å². The molecule has 0 spiro atoms. The number of piperidine rings is 1. The smallest absolute Gasteiger partial charge is 0.124 e. The van der Waals surface area contributed by atoms with Crippen LogP contribution in [0.2, 0.25) is 0 Å². The van der Waals surface area contributed by atoms with Crippen molar-refractivity contribution in [1.82, 2.24) is 14.5 Å². The lowest BCUT2D eigenvalue weighted by atomic mass is 10.0. The number of nitriles is 1. The van der Waals surface area contributed by atoms with Crippen LogP contribution in [0.25, 0.3) is 11.0 Å². The molecule has 1 aromatic carbocycles. The molecule has 0 aliphatic carbocycles. The Kier molecular flexibility index (Phi) is 4.44. The van der Waals surface area contributed by atoms with Gasteiger partial charge in [0.25, 0.3) is 0 Å². The first kappa shape index (κ1) is 15.1. The molecule has 2 unspecified atom stereocenters. The van der Waals surface area contributed by atoms with E-state index in [-0.39, 0.29) is 5.92 Å². The van der Waals surface area contributed by atoms with Gasteiger partial charge in [0.05, 0.1) is 29.6 Å². The van der Waals surface area contributed by atoms with Crippen LogP contribution < -0.4 is 0 Å². The minimum absolute atomic E-state index is 0.00312. The van der Waals surface area contributed by atoms with Gasteiger partial charge in [0, 0.05) is 13.1 Å². The molecule has 116 valence electrons. The molecular weight excluding hydrogens is 272 g/mol. The quantitative estimate of drug-likeness (QED) is 0.868. The van der Waals surface area contributed by atoms with Gasteiger partial charge in [-0.2, -0.15) is 5.26 Å². The molecule has 0 amide bonds. The van der Waals surface area contributed by atoms with Crippen molar-refractivity contribution in [3.05, 3.63) is 30.1 Å². The SMILES string of the molecule is CC(C#N)Cn1c(CN2CCCC(C)C2)nc2ccccc21. The van der Waals surface area contributed by atoms with Gasteiger partial charge in [-0.25, -0.2) is 4.98 Å². The molecule has 1 aliphatic rings. The number of imidazole rings is 1. The zero-order chi connectivity index (χ0) is 15.5. The molecule has 2 atom stereocenters. The fourth-order valence-electron chi connectivity index (χ4n) is 3.39. The summed E-state index contributed by atoms with van der Waals surface area (Å²) in [5.74, 6) is 1.86. The molecule has 4 heteroatoms. The number of aromatic nitrogens is 2. The van der Waals surface area contributed by atoms with Crippen LogP contribution in [0, 0.1) is 23.2 Å². The average molecular weight is 296 g/mol. The molecule has 0 bridgehead atoms. The molecule has 1 saturated heterocycles. The highest BCUT2D eigenvalue weighted by Gasteiger charge is 2.20. The lowest BCUT2D eigenvalue weighted by molar-refractivity contribution is 0.171. The van der Waals surface area contributed by atoms with E-state index >= 15 is 0 Å². The van der Waals surface area contributed by atoms with Crippen molar-refractivity contribution in [2.45, 2.75) is 39.8 Å². The zero-order valence-corrected chi connectivity index (χ0v) is 13.5. The first-order valence-corrected chi connectivity index (χ1v) is 8.23.